The van der Waals surface area contributed by atoms with Crippen LogP contribution in [0.4, 0.5) is 0 Å². The van der Waals surface area contributed by atoms with Crippen molar-refractivity contribution in [3.63, 3.8) is 0 Å². The average molecular weight is 411 g/mol. The van der Waals surface area contributed by atoms with Crippen LogP contribution in [0.1, 0.15) is 19.4 Å². The molecular weight excluding hydrogens is 397 g/mol. The summed E-state index contributed by atoms with van der Waals surface area (Å²) in [4.78, 5) is 16.2. The van der Waals surface area contributed by atoms with Gasteiger partial charge in [-0.3, -0.25) is 0 Å². The molecule has 0 fully saturated rings. The Bertz CT molecular complexity index is 701. The van der Waals surface area contributed by atoms with Crippen LogP contribution in [0, 0.1) is 15.9 Å². The first-order valence-corrected chi connectivity index (χ1v) is 7.65. The molecule has 0 amide bonds. The Balaban J connectivity index is 2.42. The lowest BCUT2D eigenvalue weighted by atomic mass is 10.1. The maximum Gasteiger partial charge on any atom is 0.367 e. The molecule has 0 saturated heterocycles. The number of carbonyl (C=O) groups is 1. The number of rotatable bonds is 5. The SMILES string of the molecule is C#CCOc1c(I)cc(C=C2C(=O)ON=C2C)cc1OCC. The first-order chi connectivity index (χ1) is 10.6. The molecule has 1 aromatic carbocycles. The summed E-state index contributed by atoms with van der Waals surface area (Å²) in [6.45, 7) is 4.25. The molecule has 0 spiro atoms. The maximum atomic E-state index is 11.6. The number of hydrogen-bond donors (Lipinski definition) is 0. The van der Waals surface area contributed by atoms with E-state index in [9.17, 15) is 4.79 Å². The first-order valence-electron chi connectivity index (χ1n) is 6.57. The molecular formula is C16H14INO4. The van der Waals surface area contributed by atoms with Gasteiger partial charge in [-0.2, -0.15) is 0 Å². The van der Waals surface area contributed by atoms with Crippen molar-refractivity contribution in [3.8, 4) is 23.8 Å². The minimum Gasteiger partial charge on any atom is -0.490 e. The number of halogens is 1. The van der Waals surface area contributed by atoms with Crippen LogP contribution in [-0.2, 0) is 9.63 Å². The van der Waals surface area contributed by atoms with Crippen LogP contribution in [-0.4, -0.2) is 24.9 Å². The monoisotopic (exact) mass is 411 g/mol. The van der Waals surface area contributed by atoms with Crippen LogP contribution in [0.15, 0.2) is 22.9 Å². The number of terminal acetylenes is 1. The van der Waals surface area contributed by atoms with Gasteiger partial charge in [-0.15, -0.1) is 6.42 Å². The van der Waals surface area contributed by atoms with E-state index in [-0.39, 0.29) is 6.61 Å². The van der Waals surface area contributed by atoms with Crippen LogP contribution < -0.4 is 9.47 Å². The highest BCUT2D eigenvalue weighted by atomic mass is 127. The molecule has 0 atom stereocenters. The molecule has 6 heteroatoms. The van der Waals surface area contributed by atoms with Crippen molar-refractivity contribution in [2.75, 3.05) is 13.2 Å². The Morgan fingerprint density at radius 2 is 2.23 bits per heavy atom. The van der Waals surface area contributed by atoms with Crippen molar-refractivity contribution < 1.29 is 19.1 Å². The minimum absolute atomic E-state index is 0.161. The quantitative estimate of drug-likeness (QED) is 0.324. The average Bonchev–Trinajstić information content (AvgIpc) is 2.79. The molecule has 0 aliphatic carbocycles. The Labute approximate surface area is 142 Å². The topological polar surface area (TPSA) is 57.1 Å². The van der Waals surface area contributed by atoms with Crippen LogP contribution in [0.2, 0.25) is 0 Å². The van der Waals surface area contributed by atoms with Crippen LogP contribution in [0.5, 0.6) is 11.5 Å². The maximum absolute atomic E-state index is 11.6. The van der Waals surface area contributed by atoms with Crippen molar-refractivity contribution >= 4 is 40.3 Å². The van der Waals surface area contributed by atoms with Crippen LogP contribution >= 0.6 is 22.6 Å². The van der Waals surface area contributed by atoms with Crippen LogP contribution in [0.3, 0.4) is 0 Å². The highest BCUT2D eigenvalue weighted by molar-refractivity contribution is 14.1. The van der Waals surface area contributed by atoms with E-state index in [2.05, 4.69) is 38.5 Å². The van der Waals surface area contributed by atoms with Crippen molar-refractivity contribution in [1.82, 2.24) is 0 Å². The molecule has 5 nitrogen and oxygen atoms in total. The lowest BCUT2D eigenvalue weighted by Gasteiger charge is -2.13. The molecule has 2 rings (SSSR count). The lowest BCUT2D eigenvalue weighted by molar-refractivity contribution is -0.136. The number of benzene rings is 1. The first kappa shape index (κ1) is 16.4. The third-order valence-corrected chi connectivity index (χ3v) is 3.62. The van der Waals surface area contributed by atoms with E-state index in [0.717, 1.165) is 9.13 Å². The third kappa shape index (κ3) is 3.60. The van der Waals surface area contributed by atoms with E-state index in [1.807, 2.05) is 13.0 Å². The Kier molecular flexibility index (Phi) is 5.44. The van der Waals surface area contributed by atoms with Gasteiger partial charge >= 0.3 is 5.97 Å². The predicted octanol–water partition coefficient (Wildman–Crippen LogP) is 3.02. The standard InChI is InChI=1S/C16H14INO4/c1-4-6-21-15-13(17)8-11(9-14(15)20-5-2)7-12-10(3)18-22-16(12)19/h1,7-9H,5-6H2,2-3H3. The van der Waals surface area contributed by atoms with E-state index >= 15 is 0 Å². The van der Waals surface area contributed by atoms with Gasteiger partial charge in [0.15, 0.2) is 11.5 Å². The summed E-state index contributed by atoms with van der Waals surface area (Å²) < 4.78 is 12.0. The highest BCUT2D eigenvalue weighted by Gasteiger charge is 2.22. The van der Waals surface area contributed by atoms with Gasteiger partial charge in [0.05, 0.1) is 21.5 Å². The van der Waals surface area contributed by atoms with Crippen molar-refractivity contribution in [1.29, 1.82) is 0 Å². The zero-order valence-electron chi connectivity index (χ0n) is 12.2. The molecule has 0 bridgehead atoms. The molecule has 0 unspecified atom stereocenters. The number of oxime groups is 1. The van der Waals surface area contributed by atoms with Gasteiger partial charge in [-0.1, -0.05) is 11.1 Å². The summed E-state index contributed by atoms with van der Waals surface area (Å²) in [5.74, 6) is 3.15. The number of nitrogens with zero attached hydrogens (tertiary/aromatic N) is 1. The van der Waals surface area contributed by atoms with Gasteiger partial charge in [-0.25, -0.2) is 4.79 Å². The molecule has 0 N–H and O–H groups in total. The second-order valence-corrected chi connectivity index (χ2v) is 5.53. The summed E-state index contributed by atoms with van der Waals surface area (Å²) in [6, 6.07) is 3.67. The molecule has 1 heterocycles. The number of carbonyl (C=O) groups excluding carboxylic acids is 1. The molecule has 0 saturated carbocycles. The lowest BCUT2D eigenvalue weighted by Crippen LogP contribution is -2.03. The largest absolute Gasteiger partial charge is 0.490 e. The fourth-order valence-electron chi connectivity index (χ4n) is 1.87. The van der Waals surface area contributed by atoms with Crippen molar-refractivity contribution in [3.05, 3.63) is 26.8 Å². The summed E-state index contributed by atoms with van der Waals surface area (Å²) in [6.07, 6.45) is 6.94. The molecule has 0 radical (unpaired) electrons. The molecule has 1 aromatic rings. The van der Waals surface area contributed by atoms with Gasteiger partial charge < -0.3 is 14.3 Å². The second-order valence-electron chi connectivity index (χ2n) is 4.37. The fourth-order valence-corrected chi connectivity index (χ4v) is 2.66. The van der Waals surface area contributed by atoms with Crippen molar-refractivity contribution in [2.45, 2.75) is 13.8 Å². The molecule has 1 aliphatic heterocycles. The van der Waals surface area contributed by atoms with Crippen molar-refractivity contribution in [2.24, 2.45) is 5.16 Å². The third-order valence-electron chi connectivity index (χ3n) is 2.82. The normalized spacial score (nSPS) is 15.3. The Morgan fingerprint density at radius 3 is 2.82 bits per heavy atom. The number of hydrogen-bond acceptors (Lipinski definition) is 5. The van der Waals surface area contributed by atoms with E-state index in [1.54, 1.807) is 19.1 Å². The molecule has 114 valence electrons. The Hall–Kier alpha value is -2.01. The second kappa shape index (κ2) is 7.31. The summed E-state index contributed by atoms with van der Waals surface area (Å²) in [5.41, 5.74) is 1.77. The van der Waals surface area contributed by atoms with Gasteiger partial charge in [0, 0.05) is 0 Å². The van der Waals surface area contributed by atoms with Crippen LogP contribution in [0.25, 0.3) is 6.08 Å². The van der Waals surface area contributed by atoms with Gasteiger partial charge in [0.2, 0.25) is 0 Å². The number of ether oxygens (including phenoxy) is 2. The summed E-state index contributed by atoms with van der Waals surface area (Å²) in [7, 11) is 0. The summed E-state index contributed by atoms with van der Waals surface area (Å²) in [5, 5.41) is 3.65. The summed E-state index contributed by atoms with van der Waals surface area (Å²) >= 11 is 2.14. The minimum atomic E-state index is -0.460. The zero-order chi connectivity index (χ0) is 16.1. The molecule has 22 heavy (non-hydrogen) atoms. The zero-order valence-corrected chi connectivity index (χ0v) is 14.3. The van der Waals surface area contributed by atoms with E-state index in [4.69, 9.17) is 15.9 Å². The van der Waals surface area contributed by atoms with E-state index in [0.29, 0.717) is 29.4 Å². The molecule has 1 aliphatic rings. The molecule has 0 aromatic heterocycles. The van der Waals surface area contributed by atoms with Gasteiger partial charge in [0.1, 0.15) is 6.61 Å². The predicted molar refractivity (Wildman–Crippen MR) is 91.8 cm³/mol. The van der Waals surface area contributed by atoms with E-state index in [1.165, 1.54) is 0 Å². The van der Waals surface area contributed by atoms with E-state index < -0.39 is 5.97 Å². The smallest absolute Gasteiger partial charge is 0.367 e. The van der Waals surface area contributed by atoms with Gasteiger partial charge in [-0.05, 0) is 60.2 Å². The fraction of sp³-hybridized carbons (Fsp3) is 0.250. The highest BCUT2D eigenvalue weighted by Crippen LogP contribution is 2.35. The Morgan fingerprint density at radius 1 is 1.45 bits per heavy atom. The van der Waals surface area contributed by atoms with Gasteiger partial charge in [0.25, 0.3) is 0 Å².